The van der Waals surface area contributed by atoms with Gasteiger partial charge in [0.15, 0.2) is 0 Å². The van der Waals surface area contributed by atoms with Crippen molar-refractivity contribution >= 4 is 17.9 Å². The Labute approximate surface area is 271 Å². The predicted octanol–water partition coefficient (Wildman–Crippen LogP) is 2.13. The van der Waals surface area contributed by atoms with E-state index in [4.69, 9.17) is 4.74 Å². The molecule has 4 aliphatic heterocycles. The van der Waals surface area contributed by atoms with Gasteiger partial charge in [0, 0.05) is 76.8 Å². The fourth-order valence-corrected chi connectivity index (χ4v) is 6.66. The van der Waals surface area contributed by atoms with E-state index in [0.29, 0.717) is 58.6 Å². The number of piperidine rings is 1. The number of amides is 1. The molecular weight excluding hydrogens is 615 g/mol. The van der Waals surface area contributed by atoms with Gasteiger partial charge in [-0.3, -0.25) is 19.3 Å². The van der Waals surface area contributed by atoms with Gasteiger partial charge in [0.25, 0.3) is 5.91 Å². The van der Waals surface area contributed by atoms with E-state index in [-0.39, 0.29) is 30.1 Å². The topological polar surface area (TPSA) is 131 Å². The van der Waals surface area contributed by atoms with Crippen LogP contribution in [0, 0.1) is 11.3 Å². The molecule has 0 spiro atoms. The van der Waals surface area contributed by atoms with Crippen molar-refractivity contribution in [3.8, 4) is 6.07 Å². The maximum Gasteiger partial charge on any atom is 0.451 e. The number of methoxy groups -OCH3 is 1. The first-order valence-corrected chi connectivity index (χ1v) is 15.5. The lowest BCUT2D eigenvalue weighted by molar-refractivity contribution is -0.145. The lowest BCUT2D eigenvalue weighted by Gasteiger charge is -2.53. The van der Waals surface area contributed by atoms with Crippen LogP contribution in [0.5, 0.6) is 0 Å². The number of aromatic nitrogens is 4. The number of fused-ring (bicyclic) bond motifs is 1. The van der Waals surface area contributed by atoms with E-state index < -0.39 is 23.4 Å². The smallest absolute Gasteiger partial charge is 0.383 e. The average Bonchev–Trinajstić information content (AvgIpc) is 3.73. The zero-order valence-electron chi connectivity index (χ0n) is 26.6. The molecule has 2 aromatic rings. The third-order valence-electron chi connectivity index (χ3n) is 9.24. The number of nitrogens with zero attached hydrogens (tertiary/aromatic N) is 10. The van der Waals surface area contributed by atoms with Crippen LogP contribution in [-0.4, -0.2) is 124 Å². The number of halogens is 3. The molecule has 2 aromatic heterocycles. The van der Waals surface area contributed by atoms with Crippen LogP contribution in [0.1, 0.15) is 46.8 Å². The van der Waals surface area contributed by atoms with Gasteiger partial charge in [-0.1, -0.05) is 0 Å². The lowest BCUT2D eigenvalue weighted by Crippen LogP contribution is -2.66. The predicted molar refractivity (Wildman–Crippen MR) is 165 cm³/mol. The summed E-state index contributed by atoms with van der Waals surface area (Å²) in [6.45, 7) is 3.05. The number of rotatable bonds is 10. The van der Waals surface area contributed by atoms with Gasteiger partial charge in [0.2, 0.25) is 5.82 Å². The zero-order valence-corrected chi connectivity index (χ0v) is 26.6. The Hall–Kier alpha value is -4.33. The van der Waals surface area contributed by atoms with E-state index in [1.807, 2.05) is 35.1 Å². The third kappa shape index (κ3) is 6.60. The van der Waals surface area contributed by atoms with Crippen molar-refractivity contribution in [2.45, 2.75) is 49.7 Å². The average molecular weight is 654 g/mol. The van der Waals surface area contributed by atoms with Gasteiger partial charge >= 0.3 is 6.18 Å². The molecular formula is C31H38F3N11O2. The van der Waals surface area contributed by atoms with Crippen LogP contribution in [0.3, 0.4) is 0 Å². The molecule has 0 radical (unpaired) electrons. The normalized spacial score (nSPS) is 21.2. The van der Waals surface area contributed by atoms with Gasteiger partial charge in [-0.05, 0) is 38.2 Å². The summed E-state index contributed by atoms with van der Waals surface area (Å²) >= 11 is 0. The van der Waals surface area contributed by atoms with E-state index in [0.717, 1.165) is 16.8 Å². The monoisotopic (exact) mass is 653 g/mol. The Morgan fingerprint density at radius 1 is 1.26 bits per heavy atom. The van der Waals surface area contributed by atoms with Gasteiger partial charge in [0.1, 0.15) is 17.4 Å². The van der Waals surface area contributed by atoms with Crippen LogP contribution in [0.25, 0.3) is 5.70 Å². The molecule has 250 valence electrons. The van der Waals surface area contributed by atoms with Gasteiger partial charge < -0.3 is 19.9 Å². The Morgan fingerprint density at radius 3 is 2.72 bits per heavy atom. The molecule has 6 heterocycles. The van der Waals surface area contributed by atoms with Gasteiger partial charge in [-0.2, -0.15) is 23.5 Å². The van der Waals surface area contributed by atoms with Crippen molar-refractivity contribution in [1.82, 2.24) is 44.7 Å². The molecule has 13 nitrogen and oxygen atoms in total. The number of likely N-dealkylation sites (tertiary alicyclic amines) is 2. The van der Waals surface area contributed by atoms with E-state index in [1.165, 1.54) is 6.07 Å². The summed E-state index contributed by atoms with van der Waals surface area (Å²) in [5.41, 5.74) is 2.17. The Bertz CT molecular complexity index is 1610. The second kappa shape index (κ2) is 13.1. The summed E-state index contributed by atoms with van der Waals surface area (Å²) in [5.74, 6) is -1.86. The number of alkyl halides is 3. The van der Waals surface area contributed by atoms with Crippen molar-refractivity contribution in [2.24, 2.45) is 4.99 Å². The number of hydrogen-bond acceptors (Lipinski definition) is 11. The van der Waals surface area contributed by atoms with Crippen molar-refractivity contribution in [3.05, 3.63) is 59.1 Å². The molecule has 1 atom stereocenters. The number of carbonyl (C=O) groups excluding carboxylic acids is 1. The zero-order chi connectivity index (χ0) is 33.3. The number of hydrogen-bond donors (Lipinski definition) is 1. The maximum absolute atomic E-state index is 13.7. The highest BCUT2D eigenvalue weighted by Crippen LogP contribution is 2.38. The molecule has 0 aliphatic carbocycles. The first kappa shape index (κ1) is 32.6. The Balaban J connectivity index is 1.10. The first-order chi connectivity index (χ1) is 22.5. The Morgan fingerprint density at radius 2 is 2.02 bits per heavy atom. The van der Waals surface area contributed by atoms with Crippen LogP contribution < -0.4 is 5.32 Å². The lowest BCUT2D eigenvalue weighted by atomic mass is 9.83. The van der Waals surface area contributed by atoms with Crippen molar-refractivity contribution in [2.75, 3.05) is 60.5 Å². The molecule has 2 saturated heterocycles. The van der Waals surface area contributed by atoms with E-state index in [9.17, 15) is 23.2 Å². The van der Waals surface area contributed by atoms with Crippen LogP contribution in [0.4, 0.5) is 13.2 Å². The molecule has 4 aliphatic rings. The standard InChI is InChI=1S/C31H38F3N11O2/c1-41(12-13-47-3)17-22-14-25(40-29(39-22)31(32,33)34)28(46)43-10-5-23(6-11-43)44-18-30(19-44,7-8-35)45-16-21(15-38-45)26-24-4-9-36-27(24)42(2)20-37-26/h4,9,14-16,20,23,27,36H,5-7,10-13,17-19H2,1-3H3. The van der Waals surface area contributed by atoms with Crippen molar-refractivity contribution < 1.29 is 22.7 Å². The molecule has 6 rings (SSSR count). The summed E-state index contributed by atoms with van der Waals surface area (Å²) in [5, 5.41) is 17.7. The molecule has 1 amide bonds. The molecule has 0 saturated carbocycles. The fraction of sp³-hybridized carbons (Fsp3) is 0.548. The van der Waals surface area contributed by atoms with Crippen LogP contribution >= 0.6 is 0 Å². The van der Waals surface area contributed by atoms with Gasteiger partial charge in [-0.25, -0.2) is 15.0 Å². The minimum Gasteiger partial charge on any atom is -0.383 e. The second-order valence-corrected chi connectivity index (χ2v) is 12.6. The molecule has 0 aromatic carbocycles. The first-order valence-electron chi connectivity index (χ1n) is 15.5. The molecule has 0 bridgehead atoms. The highest BCUT2D eigenvalue weighted by Gasteiger charge is 2.48. The Kier molecular flexibility index (Phi) is 9.05. The van der Waals surface area contributed by atoms with Crippen LogP contribution in [0.2, 0.25) is 0 Å². The number of ether oxygens (including phenoxy) is 1. The number of nitriles is 1. The number of aliphatic imine (C=N–C) groups is 1. The quantitative estimate of drug-likeness (QED) is 0.407. The summed E-state index contributed by atoms with van der Waals surface area (Å²) in [7, 11) is 5.25. The van der Waals surface area contributed by atoms with Crippen molar-refractivity contribution in [3.63, 3.8) is 0 Å². The van der Waals surface area contributed by atoms with Gasteiger partial charge in [0.05, 0.1) is 43.0 Å². The SMILES string of the molecule is COCCN(C)Cc1cc(C(=O)N2CCC(N3CC(CC#N)(n4cc(C5=C6C=CNC6N(C)C=N5)cn4)C3)CC2)nc(C(F)(F)F)n1. The summed E-state index contributed by atoms with van der Waals surface area (Å²) in [6.07, 6.45) is 6.31. The van der Waals surface area contributed by atoms with Crippen LogP contribution in [-0.2, 0) is 23.0 Å². The number of carbonyl (C=O) groups is 1. The minimum absolute atomic E-state index is 0.0201. The van der Waals surface area contributed by atoms with Gasteiger partial charge in [-0.15, -0.1) is 0 Å². The highest BCUT2D eigenvalue weighted by molar-refractivity contribution is 5.92. The fourth-order valence-electron chi connectivity index (χ4n) is 6.66. The van der Waals surface area contributed by atoms with Crippen molar-refractivity contribution in [1.29, 1.82) is 5.26 Å². The number of nitrogens with one attached hydrogen (secondary N) is 1. The molecule has 1 N–H and O–H groups in total. The summed E-state index contributed by atoms with van der Waals surface area (Å²) < 4.78 is 47.9. The highest BCUT2D eigenvalue weighted by atomic mass is 19.4. The number of likely N-dealkylation sites (N-methyl/N-ethyl adjacent to an activating group) is 2. The largest absolute Gasteiger partial charge is 0.451 e. The minimum atomic E-state index is -4.78. The van der Waals surface area contributed by atoms with E-state index in [2.05, 4.69) is 36.3 Å². The summed E-state index contributed by atoms with van der Waals surface area (Å²) in [6, 6.07) is 3.85. The van der Waals surface area contributed by atoms with E-state index in [1.54, 1.807) is 36.5 Å². The second-order valence-electron chi connectivity index (χ2n) is 12.6. The third-order valence-corrected chi connectivity index (χ3v) is 9.24. The van der Waals surface area contributed by atoms with E-state index >= 15 is 0 Å². The molecule has 47 heavy (non-hydrogen) atoms. The molecule has 2 fully saturated rings. The maximum atomic E-state index is 13.7. The molecule has 1 unspecified atom stereocenters. The summed E-state index contributed by atoms with van der Waals surface area (Å²) in [4.78, 5) is 33.0. The molecule has 16 heteroatoms. The van der Waals surface area contributed by atoms with Crippen LogP contribution in [0.15, 0.2) is 41.3 Å².